The standard InChI is InChI=1S/C9H12ClN/c1-2-6-9(10)7-4-3-5-8(9)11/h2-8H,11H2,1H3. The zero-order valence-corrected chi connectivity index (χ0v) is 7.25. The molecule has 0 aromatic rings. The molecule has 2 atom stereocenters. The van der Waals surface area contributed by atoms with Crippen LogP contribution >= 0.6 is 11.6 Å². The molecule has 0 aliphatic heterocycles. The molecule has 0 aromatic heterocycles. The number of hydrogen-bond donors (Lipinski definition) is 1. The molecule has 1 aliphatic carbocycles. The first-order valence-electron chi connectivity index (χ1n) is 3.63. The first-order chi connectivity index (χ1) is 5.19. The van der Waals surface area contributed by atoms with Crippen LogP contribution in [-0.2, 0) is 0 Å². The van der Waals surface area contributed by atoms with Crippen molar-refractivity contribution in [3.05, 3.63) is 36.5 Å². The van der Waals surface area contributed by atoms with Crippen LogP contribution in [0.15, 0.2) is 36.5 Å². The quantitative estimate of drug-likeness (QED) is 0.472. The third kappa shape index (κ3) is 1.73. The number of alkyl halides is 1. The van der Waals surface area contributed by atoms with E-state index in [4.69, 9.17) is 17.3 Å². The molecular formula is C9H12ClN. The van der Waals surface area contributed by atoms with E-state index in [1.54, 1.807) is 0 Å². The van der Waals surface area contributed by atoms with Crippen molar-refractivity contribution in [1.29, 1.82) is 0 Å². The molecule has 1 aliphatic rings. The molecule has 2 N–H and O–H groups in total. The summed E-state index contributed by atoms with van der Waals surface area (Å²) in [6.45, 7) is 1.93. The Balaban J connectivity index is 2.85. The van der Waals surface area contributed by atoms with Gasteiger partial charge in [-0.3, -0.25) is 0 Å². The van der Waals surface area contributed by atoms with E-state index >= 15 is 0 Å². The summed E-state index contributed by atoms with van der Waals surface area (Å²) < 4.78 is 0. The van der Waals surface area contributed by atoms with E-state index in [1.165, 1.54) is 0 Å². The van der Waals surface area contributed by atoms with Crippen molar-refractivity contribution in [2.75, 3.05) is 0 Å². The van der Waals surface area contributed by atoms with E-state index in [0.717, 1.165) is 0 Å². The third-order valence-electron chi connectivity index (χ3n) is 1.71. The summed E-state index contributed by atoms with van der Waals surface area (Å²) in [6, 6.07) is -0.120. The predicted octanol–water partition coefficient (Wildman–Crippen LogP) is 1.99. The smallest absolute Gasteiger partial charge is 0.0995 e. The Hall–Kier alpha value is -0.530. The summed E-state index contributed by atoms with van der Waals surface area (Å²) in [5.41, 5.74) is 5.78. The Morgan fingerprint density at radius 2 is 2.27 bits per heavy atom. The summed E-state index contributed by atoms with van der Waals surface area (Å²) in [4.78, 5) is -0.510. The van der Waals surface area contributed by atoms with Crippen LogP contribution in [0, 0.1) is 0 Å². The topological polar surface area (TPSA) is 26.0 Å². The highest BCUT2D eigenvalue weighted by atomic mass is 35.5. The van der Waals surface area contributed by atoms with Gasteiger partial charge in [-0.15, -0.1) is 11.6 Å². The van der Waals surface area contributed by atoms with Crippen molar-refractivity contribution in [3.63, 3.8) is 0 Å². The molecule has 0 spiro atoms. The van der Waals surface area contributed by atoms with Gasteiger partial charge in [0.25, 0.3) is 0 Å². The second-order valence-electron chi connectivity index (χ2n) is 2.60. The van der Waals surface area contributed by atoms with Crippen molar-refractivity contribution in [2.45, 2.75) is 17.8 Å². The maximum absolute atomic E-state index is 6.18. The van der Waals surface area contributed by atoms with Crippen molar-refractivity contribution in [1.82, 2.24) is 0 Å². The molecule has 0 saturated carbocycles. The monoisotopic (exact) mass is 169 g/mol. The second kappa shape index (κ2) is 3.24. The lowest BCUT2D eigenvalue weighted by Crippen LogP contribution is -2.39. The first kappa shape index (κ1) is 8.57. The normalized spacial score (nSPS) is 36.8. The summed E-state index contributed by atoms with van der Waals surface area (Å²) in [5, 5.41) is 0. The van der Waals surface area contributed by atoms with E-state index in [0.29, 0.717) is 0 Å². The van der Waals surface area contributed by atoms with Gasteiger partial charge in [0.15, 0.2) is 0 Å². The average molecular weight is 170 g/mol. The fourth-order valence-corrected chi connectivity index (χ4v) is 1.34. The highest BCUT2D eigenvalue weighted by Gasteiger charge is 2.27. The third-order valence-corrected chi connectivity index (χ3v) is 2.22. The average Bonchev–Trinajstić information content (AvgIpc) is 1.96. The van der Waals surface area contributed by atoms with Gasteiger partial charge >= 0.3 is 0 Å². The summed E-state index contributed by atoms with van der Waals surface area (Å²) in [6.07, 6.45) is 11.4. The van der Waals surface area contributed by atoms with Crippen LogP contribution < -0.4 is 5.73 Å². The van der Waals surface area contributed by atoms with Gasteiger partial charge in [-0.25, -0.2) is 0 Å². The van der Waals surface area contributed by atoms with E-state index in [2.05, 4.69) is 0 Å². The van der Waals surface area contributed by atoms with E-state index in [-0.39, 0.29) is 6.04 Å². The van der Waals surface area contributed by atoms with E-state index in [9.17, 15) is 0 Å². The van der Waals surface area contributed by atoms with Gasteiger partial charge in [-0.2, -0.15) is 0 Å². The summed E-state index contributed by atoms with van der Waals surface area (Å²) in [7, 11) is 0. The van der Waals surface area contributed by atoms with Crippen molar-refractivity contribution < 1.29 is 0 Å². The van der Waals surface area contributed by atoms with Gasteiger partial charge in [0.1, 0.15) is 0 Å². The van der Waals surface area contributed by atoms with Crippen LogP contribution in [0.3, 0.4) is 0 Å². The minimum atomic E-state index is -0.510. The molecule has 0 saturated heterocycles. The number of allylic oxidation sites excluding steroid dienone is 3. The van der Waals surface area contributed by atoms with E-state index in [1.807, 2.05) is 43.4 Å². The Morgan fingerprint density at radius 1 is 1.55 bits per heavy atom. The highest BCUT2D eigenvalue weighted by molar-refractivity contribution is 6.27. The maximum atomic E-state index is 6.18. The van der Waals surface area contributed by atoms with Crippen LogP contribution in [0.5, 0.6) is 0 Å². The lowest BCUT2D eigenvalue weighted by Gasteiger charge is -2.26. The Labute approximate surface area is 72.2 Å². The SMILES string of the molecule is CC=CC1(Cl)C=CC=CC1N. The molecule has 11 heavy (non-hydrogen) atoms. The molecule has 0 aromatic carbocycles. The Bertz CT molecular complexity index is 218. The molecule has 0 bridgehead atoms. The molecule has 0 amide bonds. The van der Waals surface area contributed by atoms with Crippen LogP contribution in [0.1, 0.15) is 6.92 Å². The highest BCUT2D eigenvalue weighted by Crippen LogP contribution is 2.26. The largest absolute Gasteiger partial charge is 0.322 e. The molecule has 1 nitrogen and oxygen atoms in total. The van der Waals surface area contributed by atoms with Crippen LogP contribution in [-0.4, -0.2) is 10.9 Å². The van der Waals surface area contributed by atoms with Gasteiger partial charge in [-0.1, -0.05) is 36.5 Å². The zero-order valence-electron chi connectivity index (χ0n) is 6.50. The van der Waals surface area contributed by atoms with Gasteiger partial charge < -0.3 is 5.73 Å². The molecule has 0 fully saturated rings. The van der Waals surface area contributed by atoms with Crippen molar-refractivity contribution in [2.24, 2.45) is 5.73 Å². The van der Waals surface area contributed by atoms with Crippen molar-refractivity contribution in [3.8, 4) is 0 Å². The number of nitrogens with two attached hydrogens (primary N) is 1. The maximum Gasteiger partial charge on any atom is 0.0995 e. The van der Waals surface area contributed by atoms with Gasteiger partial charge in [0, 0.05) is 6.04 Å². The predicted molar refractivity (Wildman–Crippen MR) is 49.7 cm³/mol. The fraction of sp³-hybridized carbons (Fsp3) is 0.333. The molecule has 2 heteroatoms. The number of halogens is 1. The fourth-order valence-electron chi connectivity index (χ4n) is 1.07. The minimum Gasteiger partial charge on any atom is -0.322 e. The molecular weight excluding hydrogens is 158 g/mol. The minimum absolute atomic E-state index is 0.120. The number of hydrogen-bond acceptors (Lipinski definition) is 1. The lowest BCUT2D eigenvalue weighted by molar-refractivity contribution is 0.719. The second-order valence-corrected chi connectivity index (χ2v) is 3.25. The van der Waals surface area contributed by atoms with Gasteiger partial charge in [0.2, 0.25) is 0 Å². The summed E-state index contributed by atoms with van der Waals surface area (Å²) in [5.74, 6) is 0. The van der Waals surface area contributed by atoms with Crippen LogP contribution in [0.4, 0.5) is 0 Å². The first-order valence-corrected chi connectivity index (χ1v) is 4.01. The Kier molecular flexibility index (Phi) is 2.53. The zero-order chi connectivity index (χ0) is 8.32. The Morgan fingerprint density at radius 3 is 2.82 bits per heavy atom. The molecule has 60 valence electrons. The van der Waals surface area contributed by atoms with Gasteiger partial charge in [0.05, 0.1) is 4.87 Å². The van der Waals surface area contributed by atoms with Crippen LogP contribution in [0.2, 0.25) is 0 Å². The lowest BCUT2D eigenvalue weighted by atomic mass is 9.94. The van der Waals surface area contributed by atoms with Gasteiger partial charge in [-0.05, 0) is 6.92 Å². The molecule has 0 radical (unpaired) electrons. The molecule has 0 heterocycles. The van der Waals surface area contributed by atoms with Crippen molar-refractivity contribution >= 4 is 11.6 Å². The molecule has 2 unspecified atom stereocenters. The van der Waals surface area contributed by atoms with Crippen LogP contribution in [0.25, 0.3) is 0 Å². The van der Waals surface area contributed by atoms with E-state index < -0.39 is 4.87 Å². The molecule has 1 rings (SSSR count). The summed E-state index contributed by atoms with van der Waals surface area (Å²) >= 11 is 6.18. The number of rotatable bonds is 1.